The van der Waals surface area contributed by atoms with Gasteiger partial charge in [-0.3, -0.25) is 9.69 Å². The second-order valence-electron chi connectivity index (χ2n) is 16.9. The molecule has 6 atom stereocenters. The Morgan fingerprint density at radius 2 is 1.67 bits per heavy atom. The number of carbonyl (C=O) groups is 3. The van der Waals surface area contributed by atoms with Crippen LogP contribution in [0.5, 0.6) is 0 Å². The summed E-state index contributed by atoms with van der Waals surface area (Å²) in [7, 11) is 0. The van der Waals surface area contributed by atoms with E-state index in [2.05, 4.69) is 27.5 Å². The van der Waals surface area contributed by atoms with Gasteiger partial charge in [0.15, 0.2) is 28.8 Å². The van der Waals surface area contributed by atoms with Crippen LogP contribution in [0.15, 0.2) is 54.6 Å². The van der Waals surface area contributed by atoms with Gasteiger partial charge in [0, 0.05) is 57.9 Å². The Hall–Kier alpha value is -4.82. The molecule has 5 rings (SSSR count). The van der Waals surface area contributed by atoms with Gasteiger partial charge in [-0.2, -0.15) is 0 Å². The number of piperidine rings is 1. The maximum Gasteiger partial charge on any atom is 0.407 e. The zero-order valence-corrected chi connectivity index (χ0v) is 37.6. The molecule has 19 heteroatoms. The van der Waals surface area contributed by atoms with Gasteiger partial charge < -0.3 is 61.8 Å². The molecule has 10 N–H and O–H groups in total. The van der Waals surface area contributed by atoms with Crippen molar-refractivity contribution in [3.05, 3.63) is 82.1 Å². The fourth-order valence-electron chi connectivity index (χ4n) is 8.18. The molecule has 2 fully saturated rings. The summed E-state index contributed by atoms with van der Waals surface area (Å²) in [6, 6.07) is 16.8. The average molecular weight is 913 g/mol. The summed E-state index contributed by atoms with van der Waals surface area (Å²) in [5.41, 5.74) is 14.2. The molecule has 2 saturated heterocycles. The molecule has 0 bridgehead atoms. The lowest BCUT2D eigenvalue weighted by Crippen LogP contribution is -2.54. The summed E-state index contributed by atoms with van der Waals surface area (Å²) in [5, 5.41) is 49.1. The number of anilines is 2. The van der Waals surface area contributed by atoms with Crippen LogP contribution in [-0.2, 0) is 15.9 Å². The van der Waals surface area contributed by atoms with Crippen molar-refractivity contribution < 1.29 is 44.3 Å². The molecule has 1 aromatic heterocycles. The van der Waals surface area contributed by atoms with Crippen LogP contribution in [0, 0.1) is 18.8 Å². The number of carbonyl (C=O) groups excluding carboxylic acids is 2. The van der Waals surface area contributed by atoms with Crippen LogP contribution < -0.4 is 22.1 Å². The summed E-state index contributed by atoms with van der Waals surface area (Å²) in [6.07, 6.45) is -0.961. The zero-order valence-electron chi connectivity index (χ0n) is 36.9. The van der Waals surface area contributed by atoms with Gasteiger partial charge in [-0.05, 0) is 62.1 Å². The normalized spacial score (nSPS) is 19.5. The van der Waals surface area contributed by atoms with E-state index in [4.69, 9.17) is 32.5 Å². The van der Waals surface area contributed by atoms with Gasteiger partial charge >= 0.3 is 12.1 Å². The predicted molar refractivity (Wildman–Crippen MR) is 242 cm³/mol. The highest BCUT2D eigenvalue weighted by Gasteiger charge is 2.40. The monoisotopic (exact) mass is 911 g/mol. The number of aromatic nitrogens is 2. The van der Waals surface area contributed by atoms with Crippen molar-refractivity contribution in [1.29, 1.82) is 0 Å². The van der Waals surface area contributed by atoms with Gasteiger partial charge in [0.25, 0.3) is 5.91 Å². The summed E-state index contributed by atoms with van der Waals surface area (Å²) in [5.74, 6) is -1.18. The molecule has 3 aromatic rings. The molecule has 352 valence electrons. The van der Waals surface area contributed by atoms with Crippen LogP contribution in [0.1, 0.15) is 78.9 Å². The molecular weight excluding hydrogens is 846 g/mol. The number of urea groups is 1. The SMILES string of the molecule is CCCCCCN(CCNC(=O)N1CCC(CN(C[C@H](CNC(=O)c2nc(Cl)c(N)nc2N)Cc2ccccc2C)C(=O)O)CC1)C[C@H](O)[C@@H](O)[C@@H]1O[C@H](c2ccccc2)OC[C@H]1O. The number of nitrogens with two attached hydrogens (primary N) is 2. The molecule has 0 unspecified atom stereocenters. The van der Waals surface area contributed by atoms with E-state index in [0.29, 0.717) is 52.0 Å². The lowest BCUT2D eigenvalue weighted by Gasteiger charge is -2.38. The molecule has 0 aliphatic carbocycles. The Labute approximate surface area is 380 Å². The number of hydrogen-bond acceptors (Lipinski definition) is 13. The highest BCUT2D eigenvalue weighted by molar-refractivity contribution is 6.31. The van der Waals surface area contributed by atoms with Crippen molar-refractivity contribution in [2.24, 2.45) is 11.8 Å². The van der Waals surface area contributed by atoms with Gasteiger partial charge in [0.05, 0.1) is 12.7 Å². The number of nitrogens with one attached hydrogen (secondary N) is 2. The van der Waals surface area contributed by atoms with Gasteiger partial charge in [0.1, 0.15) is 18.3 Å². The van der Waals surface area contributed by atoms with Crippen molar-refractivity contribution >= 4 is 41.3 Å². The third-order valence-corrected chi connectivity index (χ3v) is 12.2. The van der Waals surface area contributed by atoms with Gasteiger partial charge in [-0.1, -0.05) is 92.4 Å². The van der Waals surface area contributed by atoms with E-state index in [1.165, 1.54) is 4.90 Å². The Kier molecular flexibility index (Phi) is 19.6. The molecule has 64 heavy (non-hydrogen) atoms. The average Bonchev–Trinajstić information content (AvgIpc) is 3.28. The Morgan fingerprint density at radius 3 is 2.38 bits per heavy atom. The first kappa shape index (κ1) is 50.2. The molecule has 3 heterocycles. The number of aliphatic hydroxyl groups excluding tert-OH is 3. The smallest absolute Gasteiger partial charge is 0.407 e. The number of halogens is 1. The third kappa shape index (κ3) is 14.9. The minimum atomic E-state index is -1.38. The first-order chi connectivity index (χ1) is 30.7. The number of rotatable bonds is 22. The third-order valence-electron chi connectivity index (χ3n) is 11.9. The fourth-order valence-corrected chi connectivity index (χ4v) is 8.31. The van der Waals surface area contributed by atoms with Crippen molar-refractivity contribution in [2.75, 3.05) is 77.0 Å². The van der Waals surface area contributed by atoms with Gasteiger partial charge in [-0.25, -0.2) is 19.6 Å². The quantitative estimate of drug-likeness (QED) is 0.0670. The molecule has 0 spiro atoms. The predicted octanol–water partition coefficient (Wildman–Crippen LogP) is 3.67. The number of ether oxygens (including phenoxy) is 2. The van der Waals surface area contributed by atoms with E-state index in [1.807, 2.05) is 66.4 Å². The highest BCUT2D eigenvalue weighted by Crippen LogP contribution is 2.29. The summed E-state index contributed by atoms with van der Waals surface area (Å²) in [4.78, 5) is 52.1. The number of nitrogen functional groups attached to an aromatic ring is 2. The van der Waals surface area contributed by atoms with Crippen LogP contribution in [-0.4, -0.2) is 153 Å². The van der Waals surface area contributed by atoms with Crippen molar-refractivity contribution in [3.8, 4) is 0 Å². The number of nitrogens with zero attached hydrogens (tertiary/aromatic N) is 5. The lowest BCUT2D eigenvalue weighted by molar-refractivity contribution is -0.283. The van der Waals surface area contributed by atoms with Gasteiger partial charge in [0.2, 0.25) is 0 Å². The number of unbranched alkanes of at least 4 members (excludes halogenated alkanes) is 3. The van der Waals surface area contributed by atoms with E-state index in [1.54, 1.807) is 4.90 Å². The Morgan fingerprint density at radius 1 is 0.953 bits per heavy atom. The highest BCUT2D eigenvalue weighted by atomic mass is 35.5. The van der Waals surface area contributed by atoms with E-state index in [9.17, 15) is 34.8 Å². The molecule has 2 aliphatic heterocycles. The first-order valence-electron chi connectivity index (χ1n) is 22.2. The standard InChI is InChI=1S/C45H66ClN9O9/c1-3-4-5-11-19-53(27-34(56)37(58)38-35(57)28-63-43(64-38)32-13-7-6-8-14-32)22-18-49-44(60)54-20-16-30(17-21-54)25-55(45(61)62)26-31(23-33-15-10-9-12-29(33)2)24-50-42(59)36-40(47)52-41(48)39(46)51-36/h6-10,12-15,30-31,34-35,37-38,43,56-58H,3-5,11,16-28H2,1-2H3,(H,49,60)(H,50,59)(H,61,62)(H4,47,48,52)/t31-,34-,35+,37+,38+,43+/m0/s1. The van der Waals surface area contributed by atoms with E-state index < -0.39 is 42.7 Å². The Bertz CT molecular complexity index is 1940. The van der Waals surface area contributed by atoms with Crippen molar-refractivity contribution in [3.63, 3.8) is 0 Å². The summed E-state index contributed by atoms with van der Waals surface area (Å²) in [6.45, 7) is 6.96. The number of aryl methyl sites for hydroxylation is 1. The first-order valence-corrected chi connectivity index (χ1v) is 22.6. The maximum absolute atomic E-state index is 13.4. The number of likely N-dealkylation sites (tertiary alicyclic amines) is 1. The van der Waals surface area contributed by atoms with Crippen molar-refractivity contribution in [2.45, 2.75) is 89.5 Å². The van der Waals surface area contributed by atoms with Gasteiger partial charge in [-0.15, -0.1) is 0 Å². The van der Waals surface area contributed by atoms with Crippen molar-refractivity contribution in [1.82, 2.24) is 35.3 Å². The number of hydrogen-bond donors (Lipinski definition) is 8. The number of aliphatic hydroxyl groups is 3. The van der Waals surface area contributed by atoms with E-state index >= 15 is 0 Å². The summed E-state index contributed by atoms with van der Waals surface area (Å²) >= 11 is 6.00. The fraction of sp³-hybridized carbons (Fsp3) is 0.578. The number of amides is 4. The molecule has 2 aliphatic rings. The van der Waals surface area contributed by atoms with Crippen LogP contribution in [0.2, 0.25) is 5.15 Å². The number of carboxylic acid groups (broad SMARTS) is 1. The minimum Gasteiger partial charge on any atom is -0.465 e. The van der Waals surface area contributed by atoms with E-state index in [0.717, 1.165) is 42.4 Å². The second kappa shape index (κ2) is 25.0. The molecule has 18 nitrogen and oxygen atoms in total. The maximum atomic E-state index is 13.4. The van der Waals surface area contributed by atoms with E-state index in [-0.39, 0.29) is 73.1 Å². The second-order valence-corrected chi connectivity index (χ2v) is 17.2. The molecule has 0 radical (unpaired) electrons. The number of benzene rings is 2. The zero-order chi connectivity index (χ0) is 46.2. The Balaban J connectivity index is 1.11. The molecule has 4 amide bonds. The van der Waals surface area contributed by atoms with Crippen LogP contribution in [0.25, 0.3) is 0 Å². The van der Waals surface area contributed by atoms with Crippen LogP contribution in [0.3, 0.4) is 0 Å². The van der Waals surface area contributed by atoms with Crippen LogP contribution in [0.4, 0.5) is 21.2 Å². The molecular formula is C45H66ClN9O9. The minimum absolute atomic E-state index is 0.00793. The topological polar surface area (TPSA) is 262 Å². The largest absolute Gasteiger partial charge is 0.465 e. The molecule has 0 saturated carbocycles. The lowest BCUT2D eigenvalue weighted by atomic mass is 9.93. The van der Waals surface area contributed by atoms with Crippen LogP contribution >= 0.6 is 11.6 Å². The summed E-state index contributed by atoms with van der Waals surface area (Å²) < 4.78 is 11.6. The molecule has 2 aromatic carbocycles.